The molecule has 3 aromatic carbocycles. The highest BCUT2D eigenvalue weighted by molar-refractivity contribution is 5.87. The summed E-state index contributed by atoms with van der Waals surface area (Å²) in [4.78, 5) is 13.8. The second-order valence-corrected chi connectivity index (χ2v) is 7.81. The summed E-state index contributed by atoms with van der Waals surface area (Å²) in [7, 11) is 0. The van der Waals surface area contributed by atoms with Crippen molar-refractivity contribution < 1.29 is 14.3 Å². The Balaban J connectivity index is 1.77. The van der Waals surface area contributed by atoms with Crippen molar-refractivity contribution >= 4 is 23.0 Å². The van der Waals surface area contributed by atoms with E-state index in [1.807, 2.05) is 24.3 Å². The molecule has 1 atom stereocenters. The molecule has 3 aromatic rings. The van der Waals surface area contributed by atoms with Crippen LogP contribution >= 0.6 is 0 Å². The van der Waals surface area contributed by atoms with Gasteiger partial charge in [0.15, 0.2) is 0 Å². The van der Waals surface area contributed by atoms with Gasteiger partial charge < -0.3 is 14.4 Å². The average Bonchev–Trinajstić information content (AvgIpc) is 2.76. The lowest BCUT2D eigenvalue weighted by Gasteiger charge is -2.26. The summed E-state index contributed by atoms with van der Waals surface area (Å²) in [5.41, 5.74) is 6.02. The first-order chi connectivity index (χ1) is 14.8. The predicted molar refractivity (Wildman–Crippen MR) is 126 cm³/mol. The van der Waals surface area contributed by atoms with Gasteiger partial charge in [-0.25, -0.2) is 4.79 Å². The number of aryl methyl sites for hydroxylation is 2. The molecule has 0 N–H and O–H groups in total. The van der Waals surface area contributed by atoms with E-state index in [4.69, 9.17) is 9.47 Å². The van der Waals surface area contributed by atoms with Gasteiger partial charge in [0.2, 0.25) is 0 Å². The van der Waals surface area contributed by atoms with Crippen LogP contribution in [0.25, 0.3) is 0 Å². The highest BCUT2D eigenvalue weighted by Crippen LogP contribution is 2.35. The van der Waals surface area contributed by atoms with E-state index in [-0.39, 0.29) is 12.7 Å². The van der Waals surface area contributed by atoms with Crippen molar-refractivity contribution in [3.8, 4) is 5.75 Å². The van der Waals surface area contributed by atoms with Crippen molar-refractivity contribution in [2.75, 3.05) is 11.5 Å². The average molecular weight is 416 g/mol. The largest absolute Gasteiger partial charge is 0.490 e. The number of anilines is 3. The number of ether oxygens (including phenoxy) is 2. The Kier molecular flexibility index (Phi) is 7.14. The highest BCUT2D eigenvalue weighted by atomic mass is 16.6. The van der Waals surface area contributed by atoms with Crippen molar-refractivity contribution in [1.82, 2.24) is 0 Å². The van der Waals surface area contributed by atoms with Crippen LogP contribution in [-0.2, 0) is 9.53 Å². The Morgan fingerprint density at radius 3 is 1.68 bits per heavy atom. The number of carbonyl (C=O) groups excluding carboxylic acids is 1. The smallest absolute Gasteiger partial charge is 0.333 e. The quantitative estimate of drug-likeness (QED) is 0.305. The van der Waals surface area contributed by atoms with Gasteiger partial charge in [-0.1, -0.05) is 42.0 Å². The standard InChI is InChI=1S/C27H29NO3/c1-19(2)27(29)31-22(5)18-30-26-16-14-25(15-17-26)28(23-10-6-20(3)7-11-23)24-12-8-21(4)9-13-24/h6-17,22H,1,18H2,2-5H3. The zero-order valence-corrected chi connectivity index (χ0v) is 18.6. The maximum atomic E-state index is 11.6. The van der Waals surface area contributed by atoms with Crippen molar-refractivity contribution in [2.24, 2.45) is 0 Å². The predicted octanol–water partition coefficient (Wildman–Crippen LogP) is 6.66. The molecule has 4 heteroatoms. The second-order valence-electron chi connectivity index (χ2n) is 7.81. The Morgan fingerprint density at radius 1 is 0.839 bits per heavy atom. The van der Waals surface area contributed by atoms with E-state index in [9.17, 15) is 4.79 Å². The summed E-state index contributed by atoms with van der Waals surface area (Å²) >= 11 is 0. The minimum atomic E-state index is -0.404. The van der Waals surface area contributed by atoms with Gasteiger partial charge in [-0.05, 0) is 76.2 Å². The fourth-order valence-corrected chi connectivity index (χ4v) is 3.06. The summed E-state index contributed by atoms with van der Waals surface area (Å²) in [6, 6.07) is 24.9. The maximum Gasteiger partial charge on any atom is 0.333 e. The highest BCUT2D eigenvalue weighted by Gasteiger charge is 2.14. The van der Waals surface area contributed by atoms with Crippen LogP contribution in [0.2, 0.25) is 0 Å². The van der Waals surface area contributed by atoms with E-state index >= 15 is 0 Å². The Labute approximate surface area is 184 Å². The van der Waals surface area contributed by atoms with Crippen LogP contribution in [0.15, 0.2) is 84.9 Å². The molecule has 0 aliphatic rings. The topological polar surface area (TPSA) is 38.8 Å². The minimum Gasteiger partial charge on any atom is -0.490 e. The SMILES string of the molecule is C=C(C)C(=O)OC(C)COc1ccc(N(c2ccc(C)cc2)c2ccc(C)cc2)cc1. The van der Waals surface area contributed by atoms with Crippen LogP contribution in [-0.4, -0.2) is 18.7 Å². The molecule has 0 aromatic heterocycles. The molecule has 1 unspecified atom stereocenters. The first-order valence-electron chi connectivity index (χ1n) is 10.4. The number of hydrogen-bond donors (Lipinski definition) is 0. The number of hydrogen-bond acceptors (Lipinski definition) is 4. The molecule has 0 saturated heterocycles. The molecule has 4 nitrogen and oxygen atoms in total. The van der Waals surface area contributed by atoms with Crippen molar-refractivity contribution in [3.05, 3.63) is 96.1 Å². The van der Waals surface area contributed by atoms with Crippen LogP contribution < -0.4 is 9.64 Å². The zero-order chi connectivity index (χ0) is 22.4. The van der Waals surface area contributed by atoms with Crippen LogP contribution in [0, 0.1) is 13.8 Å². The van der Waals surface area contributed by atoms with E-state index < -0.39 is 5.97 Å². The van der Waals surface area contributed by atoms with Gasteiger partial charge in [0, 0.05) is 22.6 Å². The molecule has 0 bridgehead atoms. The van der Waals surface area contributed by atoms with Gasteiger partial charge >= 0.3 is 5.97 Å². The Bertz CT molecular complexity index is 976. The molecule has 0 amide bonds. The van der Waals surface area contributed by atoms with Gasteiger partial charge in [-0.2, -0.15) is 0 Å². The summed E-state index contributed by atoms with van der Waals surface area (Å²) in [5, 5.41) is 0. The number of esters is 1. The third-order valence-corrected chi connectivity index (χ3v) is 4.82. The molecule has 0 heterocycles. The van der Waals surface area contributed by atoms with E-state index in [1.54, 1.807) is 13.8 Å². The molecule has 0 spiro atoms. The maximum absolute atomic E-state index is 11.6. The molecule has 3 rings (SSSR count). The first-order valence-corrected chi connectivity index (χ1v) is 10.4. The Morgan fingerprint density at radius 2 is 1.26 bits per heavy atom. The summed E-state index contributed by atoms with van der Waals surface area (Å²) < 4.78 is 11.1. The van der Waals surface area contributed by atoms with Gasteiger partial charge in [0.05, 0.1) is 0 Å². The van der Waals surface area contributed by atoms with Gasteiger partial charge in [-0.3, -0.25) is 0 Å². The minimum absolute atomic E-state index is 0.276. The van der Waals surface area contributed by atoms with Crippen molar-refractivity contribution in [2.45, 2.75) is 33.8 Å². The molecular weight excluding hydrogens is 386 g/mol. The van der Waals surface area contributed by atoms with E-state index in [1.165, 1.54) is 11.1 Å². The van der Waals surface area contributed by atoms with Gasteiger partial charge in [-0.15, -0.1) is 0 Å². The molecule has 0 aliphatic carbocycles. The Hall–Kier alpha value is -3.53. The lowest BCUT2D eigenvalue weighted by atomic mass is 10.1. The summed E-state index contributed by atoms with van der Waals surface area (Å²) in [6.45, 7) is 11.5. The summed E-state index contributed by atoms with van der Waals surface area (Å²) in [6.07, 6.45) is -0.361. The normalized spacial score (nSPS) is 11.5. The second kappa shape index (κ2) is 9.98. The number of rotatable bonds is 8. The van der Waals surface area contributed by atoms with Crippen LogP contribution in [0.1, 0.15) is 25.0 Å². The fourth-order valence-electron chi connectivity index (χ4n) is 3.06. The van der Waals surface area contributed by atoms with Gasteiger partial charge in [0.25, 0.3) is 0 Å². The molecule has 160 valence electrons. The lowest BCUT2D eigenvalue weighted by Crippen LogP contribution is -2.22. The van der Waals surface area contributed by atoms with Crippen LogP contribution in [0.3, 0.4) is 0 Å². The molecular formula is C27H29NO3. The van der Waals surface area contributed by atoms with Crippen LogP contribution in [0.4, 0.5) is 17.1 Å². The first kappa shape index (κ1) is 22.2. The molecule has 0 saturated carbocycles. The van der Waals surface area contributed by atoms with Gasteiger partial charge in [0.1, 0.15) is 18.5 Å². The zero-order valence-electron chi connectivity index (χ0n) is 18.6. The molecule has 0 fully saturated rings. The molecule has 0 radical (unpaired) electrons. The van der Waals surface area contributed by atoms with Crippen molar-refractivity contribution in [1.29, 1.82) is 0 Å². The molecule has 31 heavy (non-hydrogen) atoms. The number of benzene rings is 3. The van der Waals surface area contributed by atoms with E-state index in [0.29, 0.717) is 5.57 Å². The lowest BCUT2D eigenvalue weighted by molar-refractivity contribution is -0.144. The number of carbonyl (C=O) groups is 1. The van der Waals surface area contributed by atoms with E-state index in [2.05, 4.69) is 73.9 Å². The monoisotopic (exact) mass is 415 g/mol. The third-order valence-electron chi connectivity index (χ3n) is 4.82. The number of nitrogens with zero attached hydrogens (tertiary/aromatic N) is 1. The van der Waals surface area contributed by atoms with E-state index in [0.717, 1.165) is 22.8 Å². The molecule has 0 aliphatic heterocycles. The van der Waals surface area contributed by atoms with Crippen LogP contribution in [0.5, 0.6) is 5.75 Å². The third kappa shape index (κ3) is 5.98. The fraction of sp³-hybridized carbons (Fsp3) is 0.222. The van der Waals surface area contributed by atoms with Crippen molar-refractivity contribution in [3.63, 3.8) is 0 Å². The summed E-state index contributed by atoms with van der Waals surface area (Å²) in [5.74, 6) is 0.313.